The van der Waals surface area contributed by atoms with Crippen LogP contribution in [0.2, 0.25) is 0 Å². The molecule has 0 bridgehead atoms. The van der Waals surface area contributed by atoms with Crippen LogP contribution in [-0.4, -0.2) is 56.7 Å². The summed E-state index contributed by atoms with van der Waals surface area (Å²) in [6, 6.07) is 20.5. The summed E-state index contributed by atoms with van der Waals surface area (Å²) in [5, 5.41) is 5.87. The summed E-state index contributed by atoms with van der Waals surface area (Å²) < 4.78 is 1.93. The molecule has 0 saturated carbocycles. The predicted octanol–water partition coefficient (Wildman–Crippen LogP) is 4.80. The summed E-state index contributed by atoms with van der Waals surface area (Å²) in [6.45, 7) is 9.31. The normalized spacial score (nSPS) is 14.4. The SMILES string of the molecule is Cc1nn(-c2ccccc2)c2nc(Cc3ccccc3)nc(N3CCCN(C(=O)CC(C)C)CC3)c12. The third-order valence-electron chi connectivity index (χ3n) is 6.67. The van der Waals surface area contributed by atoms with Gasteiger partial charge in [0.15, 0.2) is 5.65 Å². The van der Waals surface area contributed by atoms with Gasteiger partial charge in [-0.1, -0.05) is 62.4 Å². The van der Waals surface area contributed by atoms with Crippen molar-refractivity contribution in [2.75, 3.05) is 31.1 Å². The Bertz CT molecular complexity index is 1330. The standard InChI is InChI=1S/C29H34N6O/c1-21(2)19-26(36)33-15-10-16-34(18-17-33)28-27-22(3)32-35(24-13-8-5-9-14-24)29(27)31-25(30-28)20-23-11-6-4-7-12-23/h4-9,11-14,21H,10,15-20H2,1-3H3. The molecule has 2 aromatic carbocycles. The van der Waals surface area contributed by atoms with E-state index in [-0.39, 0.29) is 5.91 Å². The van der Waals surface area contributed by atoms with Gasteiger partial charge >= 0.3 is 0 Å². The van der Waals surface area contributed by atoms with E-state index in [2.05, 4.69) is 43.0 Å². The van der Waals surface area contributed by atoms with Gasteiger partial charge < -0.3 is 9.80 Å². The largest absolute Gasteiger partial charge is 0.354 e. The van der Waals surface area contributed by atoms with Gasteiger partial charge in [0.05, 0.1) is 16.8 Å². The molecule has 1 aliphatic heterocycles. The van der Waals surface area contributed by atoms with Crippen molar-refractivity contribution in [3.8, 4) is 5.69 Å². The maximum atomic E-state index is 12.8. The molecule has 5 rings (SSSR count). The molecule has 36 heavy (non-hydrogen) atoms. The first-order valence-electron chi connectivity index (χ1n) is 12.9. The van der Waals surface area contributed by atoms with Crippen LogP contribution in [0.3, 0.4) is 0 Å². The minimum atomic E-state index is 0.248. The Labute approximate surface area is 212 Å². The van der Waals surface area contributed by atoms with Gasteiger partial charge in [0.2, 0.25) is 5.91 Å². The number of rotatable bonds is 6. The molecule has 186 valence electrons. The summed E-state index contributed by atoms with van der Waals surface area (Å²) >= 11 is 0. The van der Waals surface area contributed by atoms with Crippen LogP contribution in [0.4, 0.5) is 5.82 Å². The van der Waals surface area contributed by atoms with Crippen LogP contribution in [0.5, 0.6) is 0 Å². The van der Waals surface area contributed by atoms with E-state index in [4.69, 9.17) is 15.1 Å². The van der Waals surface area contributed by atoms with Crippen LogP contribution in [0.1, 0.15) is 43.8 Å². The van der Waals surface area contributed by atoms with Gasteiger partial charge in [0.25, 0.3) is 0 Å². The van der Waals surface area contributed by atoms with E-state index >= 15 is 0 Å². The van der Waals surface area contributed by atoms with Crippen molar-refractivity contribution in [1.29, 1.82) is 0 Å². The van der Waals surface area contributed by atoms with E-state index < -0.39 is 0 Å². The van der Waals surface area contributed by atoms with Gasteiger partial charge in [0, 0.05) is 39.0 Å². The Morgan fingerprint density at radius 2 is 1.64 bits per heavy atom. The number of carbonyl (C=O) groups is 1. The van der Waals surface area contributed by atoms with E-state index in [9.17, 15) is 4.79 Å². The monoisotopic (exact) mass is 482 g/mol. The summed E-state index contributed by atoms with van der Waals surface area (Å²) in [5.74, 6) is 2.31. The average molecular weight is 483 g/mol. The molecule has 1 amide bonds. The van der Waals surface area contributed by atoms with Gasteiger partial charge in [-0.25, -0.2) is 14.6 Å². The number of hydrogen-bond acceptors (Lipinski definition) is 5. The Hall–Kier alpha value is -3.74. The number of para-hydroxylation sites is 1. The zero-order valence-corrected chi connectivity index (χ0v) is 21.4. The maximum absolute atomic E-state index is 12.8. The number of amides is 1. The first-order chi connectivity index (χ1) is 17.5. The highest BCUT2D eigenvalue weighted by molar-refractivity contribution is 5.91. The number of aryl methyl sites for hydroxylation is 1. The van der Waals surface area contributed by atoms with Crippen molar-refractivity contribution in [1.82, 2.24) is 24.6 Å². The quantitative estimate of drug-likeness (QED) is 0.395. The Morgan fingerprint density at radius 1 is 0.917 bits per heavy atom. The third kappa shape index (κ3) is 5.10. The molecule has 1 aliphatic rings. The fourth-order valence-corrected chi connectivity index (χ4v) is 4.90. The predicted molar refractivity (Wildman–Crippen MR) is 144 cm³/mol. The molecule has 0 unspecified atom stereocenters. The maximum Gasteiger partial charge on any atom is 0.222 e. The van der Waals surface area contributed by atoms with Crippen molar-refractivity contribution < 1.29 is 4.79 Å². The Balaban J connectivity index is 1.55. The molecular weight excluding hydrogens is 448 g/mol. The number of nitrogens with zero attached hydrogens (tertiary/aromatic N) is 6. The van der Waals surface area contributed by atoms with E-state index in [1.807, 2.05) is 52.9 Å². The molecule has 1 fully saturated rings. The molecule has 1 saturated heterocycles. The van der Waals surface area contributed by atoms with Gasteiger partial charge in [-0.15, -0.1) is 0 Å². The molecule has 0 spiro atoms. The number of anilines is 1. The Morgan fingerprint density at radius 3 is 2.36 bits per heavy atom. The van der Waals surface area contributed by atoms with E-state index in [1.165, 1.54) is 5.56 Å². The van der Waals surface area contributed by atoms with Gasteiger partial charge in [0.1, 0.15) is 11.6 Å². The zero-order valence-electron chi connectivity index (χ0n) is 21.4. The fourth-order valence-electron chi connectivity index (χ4n) is 4.90. The van der Waals surface area contributed by atoms with Crippen molar-refractivity contribution in [2.45, 2.75) is 40.0 Å². The second-order valence-corrected chi connectivity index (χ2v) is 9.98. The lowest BCUT2D eigenvalue weighted by Gasteiger charge is -2.24. The summed E-state index contributed by atoms with van der Waals surface area (Å²) in [7, 11) is 0. The molecule has 0 radical (unpaired) electrons. The van der Waals surface area contributed by atoms with Gasteiger partial charge in [-0.3, -0.25) is 4.79 Å². The minimum Gasteiger partial charge on any atom is -0.354 e. The molecule has 0 N–H and O–H groups in total. The zero-order chi connectivity index (χ0) is 25.1. The van der Waals surface area contributed by atoms with Crippen LogP contribution in [-0.2, 0) is 11.2 Å². The molecular formula is C29H34N6O. The van der Waals surface area contributed by atoms with Crippen LogP contribution in [0.15, 0.2) is 60.7 Å². The molecule has 2 aromatic heterocycles. The van der Waals surface area contributed by atoms with Crippen molar-refractivity contribution in [2.24, 2.45) is 5.92 Å². The fraction of sp³-hybridized carbons (Fsp3) is 0.379. The number of fused-ring (bicyclic) bond motifs is 1. The topological polar surface area (TPSA) is 67.2 Å². The molecule has 7 nitrogen and oxygen atoms in total. The van der Waals surface area contributed by atoms with Crippen LogP contribution >= 0.6 is 0 Å². The first-order valence-corrected chi connectivity index (χ1v) is 12.9. The number of aromatic nitrogens is 4. The van der Waals surface area contributed by atoms with Crippen LogP contribution in [0.25, 0.3) is 16.7 Å². The van der Waals surface area contributed by atoms with Crippen LogP contribution < -0.4 is 4.90 Å². The average Bonchev–Trinajstić information content (AvgIpc) is 3.04. The lowest BCUT2D eigenvalue weighted by atomic mass is 10.1. The molecule has 7 heteroatoms. The lowest BCUT2D eigenvalue weighted by molar-refractivity contribution is -0.131. The van der Waals surface area contributed by atoms with E-state index in [0.717, 1.165) is 60.1 Å². The van der Waals surface area contributed by atoms with E-state index in [1.54, 1.807) is 0 Å². The second kappa shape index (κ2) is 10.5. The van der Waals surface area contributed by atoms with Gasteiger partial charge in [-0.05, 0) is 37.0 Å². The van der Waals surface area contributed by atoms with Gasteiger partial charge in [-0.2, -0.15) is 5.10 Å². The lowest BCUT2D eigenvalue weighted by Crippen LogP contribution is -2.36. The van der Waals surface area contributed by atoms with Crippen LogP contribution in [0, 0.1) is 12.8 Å². The molecule has 0 aliphatic carbocycles. The molecule has 4 aromatic rings. The van der Waals surface area contributed by atoms with Crippen molar-refractivity contribution in [3.63, 3.8) is 0 Å². The van der Waals surface area contributed by atoms with E-state index in [0.29, 0.717) is 25.3 Å². The minimum absolute atomic E-state index is 0.248. The smallest absolute Gasteiger partial charge is 0.222 e. The third-order valence-corrected chi connectivity index (χ3v) is 6.67. The second-order valence-electron chi connectivity index (χ2n) is 9.98. The summed E-state index contributed by atoms with van der Waals surface area (Å²) in [6.07, 6.45) is 2.16. The summed E-state index contributed by atoms with van der Waals surface area (Å²) in [5.41, 5.74) is 3.89. The Kier molecular flexibility index (Phi) is 6.98. The highest BCUT2D eigenvalue weighted by Crippen LogP contribution is 2.30. The number of carbonyl (C=O) groups excluding carboxylic acids is 1. The highest BCUT2D eigenvalue weighted by atomic mass is 16.2. The van der Waals surface area contributed by atoms with Crippen molar-refractivity contribution in [3.05, 3.63) is 77.7 Å². The molecule has 0 atom stereocenters. The highest BCUT2D eigenvalue weighted by Gasteiger charge is 2.25. The van der Waals surface area contributed by atoms with Crippen molar-refractivity contribution >= 4 is 22.8 Å². The summed E-state index contributed by atoms with van der Waals surface area (Å²) in [4.78, 5) is 27.2. The first kappa shape index (κ1) is 24.0. The number of benzene rings is 2. The molecule has 3 heterocycles. The number of hydrogen-bond donors (Lipinski definition) is 0.